The number of nitrogens with one attached hydrogen (secondary N) is 3. The molecule has 0 spiro atoms. The van der Waals surface area contributed by atoms with Crippen molar-refractivity contribution in [1.82, 2.24) is 10.9 Å². The molecule has 0 bridgehead atoms. The van der Waals surface area contributed by atoms with Crippen LogP contribution in [-0.4, -0.2) is 23.1 Å². The molecule has 7 heteroatoms. The predicted octanol–water partition coefficient (Wildman–Crippen LogP) is -1.13. The number of hydrogen-bond acceptors (Lipinski definition) is 3. The van der Waals surface area contributed by atoms with E-state index in [1.54, 1.807) is 0 Å². The Labute approximate surface area is 70.0 Å². The molecule has 1 atom stereocenters. The van der Waals surface area contributed by atoms with Gasteiger partial charge in [-0.15, -0.1) is 12.4 Å². The molecule has 0 saturated carbocycles. The van der Waals surface area contributed by atoms with Gasteiger partial charge in [0.05, 0.1) is 0 Å². The number of carboxylic acid groups (broad SMARTS) is 1. The number of guanidine groups is 1. The number of carboxylic acids is 1. The van der Waals surface area contributed by atoms with E-state index in [9.17, 15) is 4.79 Å². The fourth-order valence-electron chi connectivity index (χ4n) is 0.248. The lowest BCUT2D eigenvalue weighted by atomic mass is 10.4. The molecule has 0 aromatic rings. The van der Waals surface area contributed by atoms with Crippen molar-refractivity contribution in [2.45, 2.75) is 13.0 Å². The van der Waals surface area contributed by atoms with Crippen LogP contribution in [0.1, 0.15) is 6.92 Å². The average Bonchev–Trinajstić information content (AvgIpc) is 1.82. The van der Waals surface area contributed by atoms with E-state index in [0.29, 0.717) is 0 Å². The molecule has 0 amide bonds. The molecule has 0 aliphatic heterocycles. The molecule has 0 aliphatic carbocycles. The lowest BCUT2D eigenvalue weighted by Gasteiger charge is -2.08. The second-order valence-corrected chi connectivity index (χ2v) is 1.74. The van der Waals surface area contributed by atoms with E-state index in [4.69, 9.17) is 16.2 Å². The number of rotatable bonds is 3. The van der Waals surface area contributed by atoms with Gasteiger partial charge in [0, 0.05) is 0 Å². The van der Waals surface area contributed by atoms with Crippen LogP contribution in [-0.2, 0) is 4.79 Å². The maximum absolute atomic E-state index is 10.1. The highest BCUT2D eigenvalue weighted by Gasteiger charge is 2.08. The summed E-state index contributed by atoms with van der Waals surface area (Å²) in [5, 5.41) is 14.9. The smallest absolute Gasteiger partial charge is 0.322 e. The Hall–Kier alpha value is -1.01. The Kier molecular flexibility index (Phi) is 6.61. The minimum Gasteiger partial charge on any atom is -0.480 e. The average molecular weight is 183 g/mol. The lowest BCUT2D eigenvalue weighted by Crippen LogP contribution is -2.48. The van der Waals surface area contributed by atoms with E-state index in [1.807, 2.05) is 0 Å². The van der Waals surface area contributed by atoms with Gasteiger partial charge in [0.1, 0.15) is 6.04 Å². The third-order valence-corrected chi connectivity index (χ3v) is 0.794. The quantitative estimate of drug-likeness (QED) is 0.216. The number of nitrogens with two attached hydrogens (primary N) is 1. The minimum absolute atomic E-state index is 0. The minimum atomic E-state index is -1.01. The van der Waals surface area contributed by atoms with Gasteiger partial charge < -0.3 is 10.8 Å². The topological polar surface area (TPSA) is 111 Å². The molecule has 0 aromatic heterocycles. The van der Waals surface area contributed by atoms with Crippen LogP contribution in [0.4, 0.5) is 0 Å². The molecule has 0 aromatic carbocycles. The van der Waals surface area contributed by atoms with E-state index in [2.05, 4.69) is 10.9 Å². The summed E-state index contributed by atoms with van der Waals surface area (Å²) >= 11 is 0. The first-order chi connectivity index (χ1) is 4.54. The third kappa shape index (κ3) is 6.88. The van der Waals surface area contributed by atoms with Crippen LogP contribution in [0.2, 0.25) is 0 Å². The summed E-state index contributed by atoms with van der Waals surface area (Å²) in [6.45, 7) is 1.43. The van der Waals surface area contributed by atoms with Crippen LogP contribution >= 0.6 is 12.4 Å². The van der Waals surface area contributed by atoms with Crippen LogP contribution in [0.25, 0.3) is 0 Å². The lowest BCUT2D eigenvalue weighted by molar-refractivity contribution is -0.139. The molecule has 0 aliphatic rings. The van der Waals surface area contributed by atoms with Gasteiger partial charge in [0.25, 0.3) is 0 Å². The molecular formula is C4H11ClN4O2. The normalized spacial score (nSPS) is 11.0. The Morgan fingerprint density at radius 3 is 2.45 bits per heavy atom. The van der Waals surface area contributed by atoms with Crippen molar-refractivity contribution in [3.05, 3.63) is 0 Å². The molecular weight excluding hydrogens is 172 g/mol. The zero-order valence-electron chi connectivity index (χ0n) is 5.92. The van der Waals surface area contributed by atoms with Crippen molar-refractivity contribution in [2.24, 2.45) is 5.73 Å². The molecule has 0 saturated heterocycles. The summed E-state index contributed by atoms with van der Waals surface area (Å²) in [7, 11) is 0. The fraction of sp³-hybridized carbons (Fsp3) is 0.500. The highest BCUT2D eigenvalue weighted by Crippen LogP contribution is 1.75. The van der Waals surface area contributed by atoms with Crippen LogP contribution < -0.4 is 16.6 Å². The van der Waals surface area contributed by atoms with E-state index in [0.717, 1.165) is 0 Å². The highest BCUT2D eigenvalue weighted by atomic mass is 35.5. The first kappa shape index (κ1) is 12.6. The summed E-state index contributed by atoms with van der Waals surface area (Å²) in [5.74, 6) is -1.32. The molecule has 66 valence electrons. The predicted molar refractivity (Wildman–Crippen MR) is 42.5 cm³/mol. The molecule has 0 rings (SSSR count). The zero-order valence-corrected chi connectivity index (χ0v) is 6.73. The van der Waals surface area contributed by atoms with E-state index in [1.165, 1.54) is 6.92 Å². The van der Waals surface area contributed by atoms with Crippen LogP contribution in [0.5, 0.6) is 0 Å². The van der Waals surface area contributed by atoms with Crippen molar-refractivity contribution in [3.8, 4) is 0 Å². The Morgan fingerprint density at radius 1 is 1.73 bits per heavy atom. The van der Waals surface area contributed by atoms with E-state index >= 15 is 0 Å². The zero-order chi connectivity index (χ0) is 8.15. The SMILES string of the molecule is CC(NNC(=N)N)C(=O)O.Cl. The summed E-state index contributed by atoms with van der Waals surface area (Å²) in [4.78, 5) is 10.1. The maximum atomic E-state index is 10.1. The molecule has 0 fully saturated rings. The monoisotopic (exact) mass is 182 g/mol. The van der Waals surface area contributed by atoms with Gasteiger partial charge >= 0.3 is 5.97 Å². The Bertz CT molecular complexity index is 151. The molecule has 1 unspecified atom stereocenters. The van der Waals surface area contributed by atoms with Gasteiger partial charge in [0.15, 0.2) is 5.96 Å². The van der Waals surface area contributed by atoms with E-state index < -0.39 is 12.0 Å². The summed E-state index contributed by atoms with van der Waals surface area (Å²) < 4.78 is 0. The molecule has 6 N–H and O–H groups in total. The maximum Gasteiger partial charge on any atom is 0.322 e. The summed E-state index contributed by atoms with van der Waals surface area (Å²) in [5.41, 5.74) is 9.30. The van der Waals surface area contributed by atoms with Crippen molar-refractivity contribution < 1.29 is 9.90 Å². The second-order valence-electron chi connectivity index (χ2n) is 1.74. The van der Waals surface area contributed by atoms with Crippen LogP contribution in [0.15, 0.2) is 0 Å². The molecule has 11 heavy (non-hydrogen) atoms. The number of aliphatic carboxylic acids is 1. The second kappa shape index (κ2) is 5.75. The molecule has 0 heterocycles. The number of halogens is 1. The van der Waals surface area contributed by atoms with Gasteiger partial charge in [-0.1, -0.05) is 0 Å². The van der Waals surface area contributed by atoms with Gasteiger partial charge in [-0.25, -0.2) is 5.43 Å². The first-order valence-corrected chi connectivity index (χ1v) is 2.62. The standard InChI is InChI=1S/C4H10N4O2.ClH/c1-2(3(9)10)7-8-4(5)6;/h2,7H,1H3,(H,9,10)(H4,5,6,8);1H. The summed E-state index contributed by atoms with van der Waals surface area (Å²) in [6.07, 6.45) is 0. The Morgan fingerprint density at radius 2 is 2.18 bits per heavy atom. The van der Waals surface area contributed by atoms with Crippen molar-refractivity contribution in [3.63, 3.8) is 0 Å². The van der Waals surface area contributed by atoms with Crippen LogP contribution in [0.3, 0.4) is 0 Å². The van der Waals surface area contributed by atoms with Crippen molar-refractivity contribution in [2.75, 3.05) is 0 Å². The van der Waals surface area contributed by atoms with Gasteiger partial charge in [-0.05, 0) is 6.92 Å². The number of hydrogen-bond donors (Lipinski definition) is 5. The van der Waals surface area contributed by atoms with Gasteiger partial charge in [0.2, 0.25) is 0 Å². The van der Waals surface area contributed by atoms with Crippen molar-refractivity contribution in [1.29, 1.82) is 5.41 Å². The summed E-state index contributed by atoms with van der Waals surface area (Å²) in [6, 6.07) is -0.760. The van der Waals surface area contributed by atoms with Gasteiger partial charge in [-0.3, -0.25) is 15.6 Å². The highest BCUT2D eigenvalue weighted by molar-refractivity contribution is 5.85. The van der Waals surface area contributed by atoms with E-state index in [-0.39, 0.29) is 18.4 Å². The third-order valence-electron chi connectivity index (χ3n) is 0.794. The van der Waals surface area contributed by atoms with Crippen molar-refractivity contribution >= 4 is 24.3 Å². The Balaban J connectivity index is 0. The first-order valence-electron chi connectivity index (χ1n) is 2.62. The molecule has 0 radical (unpaired) electrons. The number of carbonyl (C=O) groups is 1. The largest absolute Gasteiger partial charge is 0.480 e. The van der Waals surface area contributed by atoms with Gasteiger partial charge in [-0.2, -0.15) is 0 Å². The van der Waals surface area contributed by atoms with Crippen LogP contribution in [0, 0.1) is 5.41 Å². The fourth-order valence-corrected chi connectivity index (χ4v) is 0.248. The number of hydrazine groups is 1. The molecule has 6 nitrogen and oxygen atoms in total.